The fourth-order valence-corrected chi connectivity index (χ4v) is 2.94. The van der Waals surface area contributed by atoms with Crippen molar-refractivity contribution in [1.82, 2.24) is 4.98 Å². The lowest BCUT2D eigenvalue weighted by Crippen LogP contribution is -2.15. The maximum atomic E-state index is 12.3. The zero-order chi connectivity index (χ0) is 20.6. The molecule has 1 heterocycles. The Morgan fingerprint density at radius 3 is 2.48 bits per heavy atom. The summed E-state index contributed by atoms with van der Waals surface area (Å²) in [6.45, 7) is 2.61. The predicted molar refractivity (Wildman–Crippen MR) is 115 cm³/mol. The van der Waals surface area contributed by atoms with Gasteiger partial charge >= 0.3 is 0 Å². The van der Waals surface area contributed by atoms with Gasteiger partial charge in [0.05, 0.1) is 32.5 Å². The van der Waals surface area contributed by atoms with E-state index in [0.29, 0.717) is 30.3 Å². The molecule has 2 N–H and O–H groups in total. The SMILES string of the molecule is COc1ccc(CNc2ccc(NC(=O)Cc3ccccc3C)nc2)cc1OC. The largest absolute Gasteiger partial charge is 0.493 e. The summed E-state index contributed by atoms with van der Waals surface area (Å²) >= 11 is 0. The van der Waals surface area contributed by atoms with Crippen LogP contribution in [0.2, 0.25) is 0 Å². The van der Waals surface area contributed by atoms with E-state index >= 15 is 0 Å². The average Bonchev–Trinajstić information content (AvgIpc) is 2.74. The van der Waals surface area contributed by atoms with Crippen LogP contribution in [0.25, 0.3) is 0 Å². The smallest absolute Gasteiger partial charge is 0.229 e. The zero-order valence-corrected chi connectivity index (χ0v) is 16.9. The molecule has 2 aromatic carbocycles. The van der Waals surface area contributed by atoms with Gasteiger partial charge in [0.25, 0.3) is 0 Å². The topological polar surface area (TPSA) is 72.5 Å². The predicted octanol–water partition coefficient (Wildman–Crippen LogP) is 4.20. The molecule has 1 aromatic heterocycles. The highest BCUT2D eigenvalue weighted by Crippen LogP contribution is 2.27. The molecule has 150 valence electrons. The molecule has 0 unspecified atom stereocenters. The van der Waals surface area contributed by atoms with E-state index in [1.165, 1.54) is 0 Å². The summed E-state index contributed by atoms with van der Waals surface area (Å²) in [7, 11) is 3.23. The Hall–Kier alpha value is -3.54. The Kier molecular flexibility index (Phi) is 6.68. The maximum Gasteiger partial charge on any atom is 0.229 e. The average molecular weight is 391 g/mol. The first-order valence-electron chi connectivity index (χ1n) is 9.34. The molecular weight excluding hydrogens is 366 g/mol. The van der Waals surface area contributed by atoms with Crippen LogP contribution >= 0.6 is 0 Å². The summed E-state index contributed by atoms with van der Waals surface area (Å²) in [5.74, 6) is 1.83. The van der Waals surface area contributed by atoms with Crippen molar-refractivity contribution in [3.05, 3.63) is 77.5 Å². The molecule has 3 rings (SSSR count). The number of nitrogens with zero attached hydrogens (tertiary/aromatic N) is 1. The minimum absolute atomic E-state index is 0.0853. The van der Waals surface area contributed by atoms with Crippen LogP contribution in [0, 0.1) is 6.92 Å². The fourth-order valence-electron chi connectivity index (χ4n) is 2.94. The van der Waals surface area contributed by atoms with Gasteiger partial charge < -0.3 is 20.1 Å². The number of methoxy groups -OCH3 is 2. The van der Waals surface area contributed by atoms with Crippen molar-refractivity contribution in [1.29, 1.82) is 0 Å². The Balaban J connectivity index is 1.55. The van der Waals surface area contributed by atoms with Gasteiger partial charge in [-0.2, -0.15) is 0 Å². The molecule has 0 saturated carbocycles. The quantitative estimate of drug-likeness (QED) is 0.602. The summed E-state index contributed by atoms with van der Waals surface area (Å²) in [4.78, 5) is 16.6. The number of benzene rings is 2. The number of nitrogens with one attached hydrogen (secondary N) is 2. The number of amides is 1. The molecule has 0 fully saturated rings. The Morgan fingerprint density at radius 2 is 1.79 bits per heavy atom. The molecular formula is C23H25N3O3. The number of carbonyl (C=O) groups is 1. The van der Waals surface area contributed by atoms with E-state index in [1.54, 1.807) is 26.5 Å². The van der Waals surface area contributed by atoms with Crippen LogP contribution in [0.15, 0.2) is 60.8 Å². The summed E-state index contributed by atoms with van der Waals surface area (Å²) in [5, 5.41) is 6.14. The summed E-state index contributed by atoms with van der Waals surface area (Å²) in [6, 6.07) is 17.3. The Bertz CT molecular complexity index is 971. The van der Waals surface area contributed by atoms with Gasteiger partial charge in [0, 0.05) is 6.54 Å². The monoisotopic (exact) mass is 391 g/mol. The van der Waals surface area contributed by atoms with Gasteiger partial charge in [0.2, 0.25) is 5.91 Å². The van der Waals surface area contributed by atoms with E-state index in [-0.39, 0.29) is 5.91 Å². The molecule has 6 heteroatoms. The van der Waals surface area contributed by atoms with E-state index in [0.717, 1.165) is 22.4 Å². The fraction of sp³-hybridized carbons (Fsp3) is 0.217. The second-order valence-corrected chi connectivity index (χ2v) is 6.63. The molecule has 3 aromatic rings. The Morgan fingerprint density at radius 1 is 1.00 bits per heavy atom. The first-order chi connectivity index (χ1) is 14.1. The molecule has 0 radical (unpaired) electrons. The number of aryl methyl sites for hydroxylation is 1. The van der Waals surface area contributed by atoms with E-state index in [1.807, 2.05) is 55.5 Å². The molecule has 0 atom stereocenters. The molecule has 0 bridgehead atoms. The molecule has 1 amide bonds. The lowest BCUT2D eigenvalue weighted by molar-refractivity contribution is -0.115. The third kappa shape index (κ3) is 5.48. The van der Waals surface area contributed by atoms with Crippen LogP contribution < -0.4 is 20.1 Å². The van der Waals surface area contributed by atoms with E-state index in [9.17, 15) is 4.79 Å². The van der Waals surface area contributed by atoms with Gasteiger partial charge in [-0.25, -0.2) is 4.98 Å². The van der Waals surface area contributed by atoms with Gasteiger partial charge in [-0.3, -0.25) is 4.79 Å². The number of carbonyl (C=O) groups excluding carboxylic acids is 1. The van der Waals surface area contributed by atoms with Gasteiger partial charge in [-0.15, -0.1) is 0 Å². The van der Waals surface area contributed by atoms with Crippen molar-refractivity contribution in [2.75, 3.05) is 24.9 Å². The van der Waals surface area contributed by atoms with Crippen molar-refractivity contribution in [3.8, 4) is 11.5 Å². The third-order valence-corrected chi connectivity index (χ3v) is 4.59. The first-order valence-corrected chi connectivity index (χ1v) is 9.34. The molecule has 0 aliphatic carbocycles. The first kappa shape index (κ1) is 20.2. The van der Waals surface area contributed by atoms with Crippen LogP contribution in [-0.4, -0.2) is 25.1 Å². The number of pyridine rings is 1. The summed E-state index contributed by atoms with van der Waals surface area (Å²) in [6.07, 6.45) is 2.03. The molecule has 29 heavy (non-hydrogen) atoms. The normalized spacial score (nSPS) is 10.3. The highest BCUT2D eigenvalue weighted by molar-refractivity contribution is 5.91. The molecule has 0 aliphatic rings. The zero-order valence-electron chi connectivity index (χ0n) is 16.9. The number of hydrogen-bond acceptors (Lipinski definition) is 5. The minimum Gasteiger partial charge on any atom is -0.493 e. The molecule has 6 nitrogen and oxygen atoms in total. The molecule has 0 saturated heterocycles. The third-order valence-electron chi connectivity index (χ3n) is 4.59. The van der Waals surface area contributed by atoms with Crippen LogP contribution in [0.3, 0.4) is 0 Å². The van der Waals surface area contributed by atoms with Gasteiger partial charge in [0.15, 0.2) is 11.5 Å². The molecule has 0 aliphatic heterocycles. The van der Waals surface area contributed by atoms with Gasteiger partial charge in [0.1, 0.15) is 5.82 Å². The lowest BCUT2D eigenvalue weighted by atomic mass is 10.1. The minimum atomic E-state index is -0.0853. The Labute approximate surface area is 170 Å². The van der Waals surface area contributed by atoms with Crippen molar-refractivity contribution in [3.63, 3.8) is 0 Å². The van der Waals surface area contributed by atoms with E-state index < -0.39 is 0 Å². The van der Waals surface area contributed by atoms with E-state index in [4.69, 9.17) is 9.47 Å². The lowest BCUT2D eigenvalue weighted by Gasteiger charge is -2.11. The maximum absolute atomic E-state index is 12.3. The number of ether oxygens (including phenoxy) is 2. The van der Waals surface area contributed by atoms with Crippen molar-refractivity contribution in [2.24, 2.45) is 0 Å². The van der Waals surface area contributed by atoms with Gasteiger partial charge in [-0.05, 0) is 47.9 Å². The van der Waals surface area contributed by atoms with Crippen LogP contribution in [0.4, 0.5) is 11.5 Å². The second-order valence-electron chi connectivity index (χ2n) is 6.63. The molecule has 0 spiro atoms. The van der Waals surface area contributed by atoms with E-state index in [2.05, 4.69) is 15.6 Å². The standard InChI is InChI=1S/C23H25N3O3/c1-16-6-4-5-7-18(16)13-23(27)26-22-11-9-19(15-25-22)24-14-17-8-10-20(28-2)21(12-17)29-3/h4-12,15,24H,13-14H2,1-3H3,(H,25,26,27). The van der Waals surface area contributed by atoms with Crippen LogP contribution in [-0.2, 0) is 17.8 Å². The van der Waals surface area contributed by atoms with Crippen LogP contribution in [0.1, 0.15) is 16.7 Å². The number of anilines is 2. The van der Waals surface area contributed by atoms with Crippen molar-refractivity contribution in [2.45, 2.75) is 19.9 Å². The summed E-state index contributed by atoms with van der Waals surface area (Å²) in [5.41, 5.74) is 4.03. The number of aromatic nitrogens is 1. The van der Waals surface area contributed by atoms with Crippen molar-refractivity contribution >= 4 is 17.4 Å². The van der Waals surface area contributed by atoms with Gasteiger partial charge in [-0.1, -0.05) is 30.3 Å². The van der Waals surface area contributed by atoms with Crippen LogP contribution in [0.5, 0.6) is 11.5 Å². The number of rotatable bonds is 8. The summed E-state index contributed by atoms with van der Waals surface area (Å²) < 4.78 is 10.6. The van der Waals surface area contributed by atoms with Crippen molar-refractivity contribution < 1.29 is 14.3 Å². The highest BCUT2D eigenvalue weighted by Gasteiger charge is 2.07. The second kappa shape index (κ2) is 9.59. The highest BCUT2D eigenvalue weighted by atomic mass is 16.5. The number of hydrogen-bond donors (Lipinski definition) is 2.